The number of rotatable bonds is 5. The van der Waals surface area contributed by atoms with E-state index in [1.165, 1.54) is 12.3 Å². The average molecular weight is 327 g/mol. The maximum Gasteiger partial charge on any atom is 0.252 e. The van der Waals surface area contributed by atoms with E-state index >= 15 is 0 Å². The molecule has 0 aliphatic carbocycles. The first-order chi connectivity index (χ1) is 11.6. The van der Waals surface area contributed by atoms with Gasteiger partial charge >= 0.3 is 0 Å². The molecule has 2 amide bonds. The molecule has 126 valence electrons. The van der Waals surface area contributed by atoms with Crippen molar-refractivity contribution < 1.29 is 9.59 Å². The molecule has 0 aromatic carbocycles. The number of amides is 2. The Balaban J connectivity index is 1.69. The Labute approximate surface area is 140 Å². The number of primary amides is 1. The first-order valence-electron chi connectivity index (χ1n) is 8.01. The Morgan fingerprint density at radius 3 is 2.83 bits per heavy atom. The van der Waals surface area contributed by atoms with Gasteiger partial charge in [0.15, 0.2) is 0 Å². The minimum atomic E-state index is -0.500. The van der Waals surface area contributed by atoms with Crippen molar-refractivity contribution in [1.29, 1.82) is 0 Å². The zero-order valence-electron chi connectivity index (χ0n) is 13.4. The second-order valence-electron chi connectivity index (χ2n) is 5.99. The van der Waals surface area contributed by atoms with Gasteiger partial charge < -0.3 is 16.0 Å². The number of nitrogens with zero attached hydrogens (tertiary/aromatic N) is 3. The van der Waals surface area contributed by atoms with Crippen molar-refractivity contribution in [3.63, 3.8) is 0 Å². The summed E-state index contributed by atoms with van der Waals surface area (Å²) in [5, 5.41) is 7.55. The summed E-state index contributed by atoms with van der Waals surface area (Å²) >= 11 is 0. The fraction of sp³-hybridized carbons (Fsp3) is 0.353. The van der Waals surface area contributed by atoms with E-state index in [9.17, 15) is 9.59 Å². The highest BCUT2D eigenvalue weighted by atomic mass is 16.2. The second-order valence-corrected chi connectivity index (χ2v) is 5.99. The van der Waals surface area contributed by atoms with Gasteiger partial charge in [0, 0.05) is 25.8 Å². The molecule has 1 saturated heterocycles. The number of fused-ring (bicyclic) bond motifs is 1. The van der Waals surface area contributed by atoms with Crippen LogP contribution in [0.2, 0.25) is 0 Å². The summed E-state index contributed by atoms with van der Waals surface area (Å²) in [5.74, 6) is -0.0793. The van der Waals surface area contributed by atoms with Crippen LogP contribution in [0.1, 0.15) is 23.2 Å². The number of anilines is 1. The van der Waals surface area contributed by atoms with Crippen LogP contribution in [-0.2, 0) is 4.79 Å². The van der Waals surface area contributed by atoms with Gasteiger partial charge in [0.05, 0.1) is 23.0 Å². The molecule has 2 aromatic rings. The molecule has 2 aromatic heterocycles. The maximum absolute atomic E-state index is 11.7. The number of hydrogen-bond acceptors (Lipinski definition) is 4. The summed E-state index contributed by atoms with van der Waals surface area (Å²) in [6, 6.07) is 3.77. The highest BCUT2D eigenvalue weighted by molar-refractivity contribution is 6.01. The Bertz CT molecular complexity index is 774. The molecule has 0 spiro atoms. The van der Waals surface area contributed by atoms with Gasteiger partial charge in [-0.05, 0) is 37.0 Å². The number of piperidine rings is 1. The number of likely N-dealkylation sites (tertiary alicyclic amines) is 1. The Kier molecular flexibility index (Phi) is 4.50. The minimum Gasteiger partial charge on any atom is -0.382 e. The largest absolute Gasteiger partial charge is 0.382 e. The van der Waals surface area contributed by atoms with Crippen LogP contribution in [-0.4, -0.2) is 46.0 Å². The summed E-state index contributed by atoms with van der Waals surface area (Å²) in [5.41, 5.74) is 7.40. The molecule has 1 aliphatic rings. The van der Waals surface area contributed by atoms with Gasteiger partial charge in [0.1, 0.15) is 0 Å². The lowest BCUT2D eigenvalue weighted by molar-refractivity contribution is -0.127. The molecular formula is C17H21N5O2. The van der Waals surface area contributed by atoms with Gasteiger partial charge in [-0.25, -0.2) is 4.52 Å². The Morgan fingerprint density at radius 1 is 1.42 bits per heavy atom. The topological polar surface area (TPSA) is 92.7 Å². The summed E-state index contributed by atoms with van der Waals surface area (Å²) in [6.45, 7) is 5.71. The lowest BCUT2D eigenvalue weighted by Gasteiger charge is -2.31. The summed E-state index contributed by atoms with van der Waals surface area (Å²) in [6.07, 6.45) is 6.51. The number of carbonyl (C=O) groups is 2. The number of carbonyl (C=O) groups excluding carboxylic acids is 2. The predicted octanol–water partition coefficient (Wildman–Crippen LogP) is 1.27. The molecule has 0 atom stereocenters. The van der Waals surface area contributed by atoms with E-state index in [0.29, 0.717) is 17.2 Å². The van der Waals surface area contributed by atoms with Crippen LogP contribution in [0.5, 0.6) is 0 Å². The molecule has 7 nitrogen and oxygen atoms in total. The normalized spacial score (nSPS) is 15.4. The Hall–Kier alpha value is -2.83. The quantitative estimate of drug-likeness (QED) is 0.809. The predicted molar refractivity (Wildman–Crippen MR) is 91.7 cm³/mol. The van der Waals surface area contributed by atoms with E-state index < -0.39 is 5.91 Å². The van der Waals surface area contributed by atoms with Gasteiger partial charge in [0.25, 0.3) is 5.91 Å². The van der Waals surface area contributed by atoms with Gasteiger partial charge in [-0.3, -0.25) is 9.59 Å². The van der Waals surface area contributed by atoms with Crippen molar-refractivity contribution in [2.75, 3.05) is 25.0 Å². The second kappa shape index (κ2) is 6.74. The Morgan fingerprint density at radius 2 is 2.17 bits per heavy atom. The zero-order chi connectivity index (χ0) is 17.1. The van der Waals surface area contributed by atoms with Crippen LogP contribution >= 0.6 is 0 Å². The van der Waals surface area contributed by atoms with Crippen LogP contribution in [0.15, 0.2) is 37.2 Å². The maximum atomic E-state index is 11.7. The first-order valence-corrected chi connectivity index (χ1v) is 8.01. The molecular weight excluding hydrogens is 306 g/mol. The van der Waals surface area contributed by atoms with E-state index in [1.54, 1.807) is 4.52 Å². The molecule has 1 fully saturated rings. The zero-order valence-corrected chi connectivity index (χ0v) is 13.4. The highest BCUT2D eigenvalue weighted by Gasteiger charge is 2.22. The van der Waals surface area contributed by atoms with Gasteiger partial charge in [-0.15, -0.1) is 0 Å². The van der Waals surface area contributed by atoms with Crippen molar-refractivity contribution in [1.82, 2.24) is 14.5 Å². The van der Waals surface area contributed by atoms with Crippen LogP contribution in [0.25, 0.3) is 5.52 Å². The molecule has 3 heterocycles. The van der Waals surface area contributed by atoms with E-state index in [2.05, 4.69) is 17.0 Å². The van der Waals surface area contributed by atoms with Crippen molar-refractivity contribution in [2.24, 2.45) is 11.7 Å². The average Bonchev–Trinajstić information content (AvgIpc) is 3.08. The van der Waals surface area contributed by atoms with Crippen molar-refractivity contribution >= 4 is 23.0 Å². The highest BCUT2D eigenvalue weighted by Crippen LogP contribution is 2.24. The third-order valence-corrected chi connectivity index (χ3v) is 4.50. The molecule has 7 heteroatoms. The van der Waals surface area contributed by atoms with E-state index in [-0.39, 0.29) is 5.91 Å². The van der Waals surface area contributed by atoms with Crippen LogP contribution < -0.4 is 11.1 Å². The molecule has 1 aliphatic heterocycles. The summed E-state index contributed by atoms with van der Waals surface area (Å²) < 4.78 is 1.71. The SMILES string of the molecule is C=CC(=O)N1CCC(CNc2c(C(N)=O)cnn3cccc23)CC1. The monoisotopic (exact) mass is 327 g/mol. The molecule has 0 bridgehead atoms. The smallest absolute Gasteiger partial charge is 0.252 e. The van der Waals surface area contributed by atoms with Crippen LogP contribution in [0.3, 0.4) is 0 Å². The third-order valence-electron chi connectivity index (χ3n) is 4.50. The molecule has 24 heavy (non-hydrogen) atoms. The van der Waals surface area contributed by atoms with Crippen molar-refractivity contribution in [2.45, 2.75) is 12.8 Å². The first kappa shape index (κ1) is 16.0. The van der Waals surface area contributed by atoms with E-state index in [0.717, 1.165) is 38.0 Å². The summed E-state index contributed by atoms with van der Waals surface area (Å²) in [4.78, 5) is 25.1. The lowest BCUT2D eigenvalue weighted by atomic mass is 9.96. The molecule has 0 radical (unpaired) electrons. The lowest BCUT2D eigenvalue weighted by Crippen LogP contribution is -2.39. The number of nitrogens with two attached hydrogens (primary N) is 1. The fourth-order valence-electron chi connectivity index (χ4n) is 3.10. The third kappa shape index (κ3) is 3.10. The van der Waals surface area contributed by atoms with Crippen molar-refractivity contribution in [3.8, 4) is 0 Å². The standard InChI is InChI=1S/C17H21N5O2/c1-2-15(23)21-8-5-12(6-9-21)10-19-16-13(17(18)24)11-20-22-7-3-4-14(16)22/h2-4,7,11-12,19H,1,5-6,8-10H2,(H2,18,24). The fourth-order valence-corrected chi connectivity index (χ4v) is 3.10. The van der Waals surface area contributed by atoms with Gasteiger partial charge in [-0.2, -0.15) is 5.10 Å². The van der Waals surface area contributed by atoms with Crippen molar-refractivity contribution in [3.05, 3.63) is 42.7 Å². The molecule has 0 unspecified atom stereocenters. The minimum absolute atomic E-state index is 0.0125. The number of aromatic nitrogens is 2. The number of nitrogens with one attached hydrogen (secondary N) is 1. The van der Waals surface area contributed by atoms with Gasteiger partial charge in [-0.1, -0.05) is 6.58 Å². The van der Waals surface area contributed by atoms with Crippen LogP contribution in [0.4, 0.5) is 5.69 Å². The van der Waals surface area contributed by atoms with Crippen LogP contribution in [0, 0.1) is 5.92 Å². The van der Waals surface area contributed by atoms with Gasteiger partial charge in [0.2, 0.25) is 5.91 Å². The van der Waals surface area contributed by atoms with E-state index in [4.69, 9.17) is 5.73 Å². The summed E-state index contributed by atoms with van der Waals surface area (Å²) in [7, 11) is 0. The number of hydrogen-bond donors (Lipinski definition) is 2. The molecule has 0 saturated carbocycles. The molecule has 3 rings (SSSR count). The molecule has 3 N–H and O–H groups in total. The van der Waals surface area contributed by atoms with E-state index in [1.807, 2.05) is 23.2 Å².